The number of aromatic hydroxyl groups is 1. The van der Waals surface area contributed by atoms with Gasteiger partial charge in [-0.15, -0.1) is 0 Å². The summed E-state index contributed by atoms with van der Waals surface area (Å²) in [5.41, 5.74) is 0.757. The zero-order chi connectivity index (χ0) is 10.3. The van der Waals surface area contributed by atoms with Crippen molar-refractivity contribution in [1.29, 1.82) is 0 Å². The number of carbonyl (C=O) groups is 1. The van der Waals surface area contributed by atoms with Crippen molar-refractivity contribution in [3.63, 3.8) is 0 Å². The van der Waals surface area contributed by atoms with Gasteiger partial charge < -0.3 is 10.2 Å². The van der Waals surface area contributed by atoms with Crippen LogP contribution >= 0.6 is 0 Å². The molecule has 1 atom stereocenters. The Morgan fingerprint density at radius 1 is 1.57 bits per heavy atom. The molecule has 0 aliphatic carbocycles. The molecule has 0 unspecified atom stereocenters. The van der Waals surface area contributed by atoms with Crippen LogP contribution in [0.3, 0.4) is 0 Å². The van der Waals surface area contributed by atoms with Gasteiger partial charge in [-0.05, 0) is 16.9 Å². The van der Waals surface area contributed by atoms with E-state index in [4.69, 9.17) is 5.11 Å². The van der Waals surface area contributed by atoms with Crippen molar-refractivity contribution in [1.82, 2.24) is 0 Å². The van der Waals surface area contributed by atoms with Gasteiger partial charge in [0.1, 0.15) is 18.6 Å². The Bertz CT molecular complexity index is 396. The van der Waals surface area contributed by atoms with Crippen LogP contribution in [0.15, 0.2) is 18.2 Å². The first-order valence-corrected chi connectivity index (χ1v) is 4.60. The van der Waals surface area contributed by atoms with Crippen molar-refractivity contribution in [2.45, 2.75) is 18.6 Å². The summed E-state index contributed by atoms with van der Waals surface area (Å²) >= 11 is 0. The molecular weight excluding hydrogens is 179 g/mol. The van der Waals surface area contributed by atoms with E-state index in [1.54, 1.807) is 12.1 Å². The molecule has 72 valence electrons. The molecule has 0 spiro atoms. The number of carboxylic acid groups (broad SMARTS) is 1. The van der Waals surface area contributed by atoms with E-state index in [-0.39, 0.29) is 16.6 Å². The number of para-hydroxylation sites is 1. The maximum Gasteiger partial charge on any atom is 0.339 e. The van der Waals surface area contributed by atoms with E-state index in [0.29, 0.717) is 0 Å². The molecule has 2 rings (SSSR count). The van der Waals surface area contributed by atoms with E-state index < -0.39 is 5.97 Å². The van der Waals surface area contributed by atoms with Crippen LogP contribution in [0.2, 0.25) is 6.32 Å². The topological polar surface area (TPSA) is 57.5 Å². The molecule has 14 heavy (non-hydrogen) atoms. The van der Waals surface area contributed by atoms with E-state index in [0.717, 1.165) is 19.2 Å². The first kappa shape index (κ1) is 9.12. The largest absolute Gasteiger partial charge is 0.507 e. The van der Waals surface area contributed by atoms with Gasteiger partial charge in [0.2, 0.25) is 0 Å². The first-order chi connectivity index (χ1) is 6.54. The number of hydrogen-bond acceptors (Lipinski definition) is 2. The standard InChI is InChI=1S/C10H11BO3/c1-10(5-11-10)7-4-2-3-6(8(7)12)9(13)14/h2-4,11-12H,5H2,1H3,(H,13,14)/t10-/m0/s1. The van der Waals surface area contributed by atoms with Gasteiger partial charge in [-0.2, -0.15) is 0 Å². The van der Waals surface area contributed by atoms with Crippen LogP contribution in [0, 0.1) is 0 Å². The number of carboxylic acids is 1. The molecule has 1 aromatic rings. The van der Waals surface area contributed by atoms with E-state index in [1.807, 2.05) is 6.92 Å². The van der Waals surface area contributed by atoms with Crippen molar-refractivity contribution in [2.24, 2.45) is 0 Å². The highest BCUT2D eigenvalue weighted by atomic mass is 16.4. The number of aromatic carboxylic acids is 1. The van der Waals surface area contributed by atoms with Gasteiger partial charge in [0.05, 0.1) is 0 Å². The van der Waals surface area contributed by atoms with Crippen molar-refractivity contribution in [2.75, 3.05) is 0 Å². The molecule has 0 bridgehead atoms. The summed E-state index contributed by atoms with van der Waals surface area (Å²) in [5.74, 6) is -1.14. The predicted molar refractivity (Wildman–Crippen MR) is 54.4 cm³/mol. The fraction of sp³-hybridized carbons (Fsp3) is 0.300. The molecule has 1 saturated heterocycles. The highest BCUT2D eigenvalue weighted by Crippen LogP contribution is 2.45. The minimum absolute atomic E-state index is 0.00405. The third-order valence-corrected chi connectivity index (χ3v) is 2.92. The molecule has 1 aromatic carbocycles. The number of phenols is 1. The van der Waals surface area contributed by atoms with Gasteiger partial charge in [0.15, 0.2) is 0 Å². The second-order valence-electron chi connectivity index (χ2n) is 4.07. The van der Waals surface area contributed by atoms with Crippen LogP contribution in [-0.2, 0) is 5.31 Å². The molecule has 0 amide bonds. The lowest BCUT2D eigenvalue weighted by Crippen LogP contribution is -2.06. The van der Waals surface area contributed by atoms with E-state index >= 15 is 0 Å². The number of benzene rings is 1. The molecule has 2 N–H and O–H groups in total. The second-order valence-corrected chi connectivity index (χ2v) is 4.07. The maximum absolute atomic E-state index is 10.8. The van der Waals surface area contributed by atoms with Crippen LogP contribution < -0.4 is 0 Å². The summed E-state index contributed by atoms with van der Waals surface area (Å²) in [6.45, 7) is 2.04. The molecule has 1 aliphatic rings. The van der Waals surface area contributed by atoms with Crippen molar-refractivity contribution in [3.05, 3.63) is 29.3 Å². The van der Waals surface area contributed by atoms with E-state index in [9.17, 15) is 9.90 Å². The first-order valence-electron chi connectivity index (χ1n) is 4.60. The summed E-state index contributed by atoms with van der Waals surface area (Å²) < 4.78 is 0. The monoisotopic (exact) mass is 190 g/mol. The number of hydrogen-bond donors (Lipinski definition) is 2. The van der Waals surface area contributed by atoms with Gasteiger partial charge in [0, 0.05) is 0 Å². The maximum atomic E-state index is 10.8. The minimum atomic E-state index is -1.08. The SMILES string of the molecule is C[C@]1(c2cccc(C(=O)O)c2O)BC1. The highest BCUT2D eigenvalue weighted by molar-refractivity contribution is 6.54. The summed E-state index contributed by atoms with van der Waals surface area (Å²) in [6, 6.07) is 4.91. The van der Waals surface area contributed by atoms with E-state index in [1.165, 1.54) is 6.07 Å². The van der Waals surface area contributed by atoms with Gasteiger partial charge in [-0.1, -0.05) is 25.4 Å². The smallest absolute Gasteiger partial charge is 0.339 e. The Morgan fingerprint density at radius 3 is 2.71 bits per heavy atom. The Labute approximate surface area is 82.6 Å². The fourth-order valence-corrected chi connectivity index (χ4v) is 1.66. The zero-order valence-electron chi connectivity index (χ0n) is 7.95. The van der Waals surface area contributed by atoms with Crippen LogP contribution in [0.1, 0.15) is 22.8 Å². The quantitative estimate of drug-likeness (QED) is 0.688. The van der Waals surface area contributed by atoms with Gasteiger partial charge in [0.25, 0.3) is 0 Å². The Kier molecular flexibility index (Phi) is 1.81. The van der Waals surface area contributed by atoms with Crippen LogP contribution in [0.25, 0.3) is 0 Å². The summed E-state index contributed by atoms with van der Waals surface area (Å²) in [4.78, 5) is 10.8. The molecule has 1 fully saturated rings. The molecule has 0 aromatic heterocycles. The predicted octanol–water partition coefficient (Wildman–Crippen LogP) is 1.17. The average molecular weight is 190 g/mol. The third-order valence-electron chi connectivity index (χ3n) is 2.92. The van der Waals surface area contributed by atoms with E-state index in [2.05, 4.69) is 0 Å². The Balaban J connectivity index is 2.52. The molecule has 0 radical (unpaired) electrons. The molecule has 1 aliphatic heterocycles. The van der Waals surface area contributed by atoms with Crippen LogP contribution in [0.5, 0.6) is 5.75 Å². The lowest BCUT2D eigenvalue weighted by molar-refractivity contribution is 0.0693. The highest BCUT2D eigenvalue weighted by Gasteiger charge is 2.42. The average Bonchev–Trinajstić information content (AvgIpc) is 2.84. The molecule has 3 nitrogen and oxygen atoms in total. The minimum Gasteiger partial charge on any atom is -0.507 e. The van der Waals surface area contributed by atoms with Crippen molar-refractivity contribution < 1.29 is 15.0 Å². The normalized spacial score (nSPS) is 24.1. The molecule has 1 heterocycles. The fourth-order valence-electron chi connectivity index (χ4n) is 1.66. The lowest BCUT2D eigenvalue weighted by atomic mass is 9.82. The third kappa shape index (κ3) is 1.27. The second kappa shape index (κ2) is 2.77. The Hall–Kier alpha value is -1.45. The molecular formula is C10H11BO3. The van der Waals surface area contributed by atoms with Crippen molar-refractivity contribution in [3.8, 4) is 5.75 Å². The molecule has 0 saturated carbocycles. The molecule has 4 heteroatoms. The summed E-state index contributed by atoms with van der Waals surface area (Å²) in [5, 5.41) is 18.6. The summed E-state index contributed by atoms with van der Waals surface area (Å²) in [6.07, 6.45) is 1.02. The summed E-state index contributed by atoms with van der Waals surface area (Å²) in [7, 11) is 1.02. The van der Waals surface area contributed by atoms with Gasteiger partial charge >= 0.3 is 5.97 Å². The zero-order valence-corrected chi connectivity index (χ0v) is 7.95. The van der Waals surface area contributed by atoms with Crippen molar-refractivity contribution >= 4 is 13.2 Å². The number of rotatable bonds is 2. The Morgan fingerprint density at radius 2 is 2.21 bits per heavy atom. The van der Waals surface area contributed by atoms with Gasteiger partial charge in [-0.25, -0.2) is 4.79 Å². The van der Waals surface area contributed by atoms with Crippen LogP contribution in [0.4, 0.5) is 0 Å². The van der Waals surface area contributed by atoms with Gasteiger partial charge in [-0.3, -0.25) is 0 Å². The van der Waals surface area contributed by atoms with Crippen LogP contribution in [-0.4, -0.2) is 23.5 Å². The lowest BCUT2D eigenvalue weighted by Gasteiger charge is -2.12.